The van der Waals surface area contributed by atoms with E-state index in [1.807, 2.05) is 0 Å². The summed E-state index contributed by atoms with van der Waals surface area (Å²) in [7, 11) is -3.55. The Morgan fingerprint density at radius 1 is 1.38 bits per heavy atom. The third-order valence-corrected chi connectivity index (χ3v) is 4.44. The first-order chi connectivity index (χ1) is 7.38. The second-order valence-electron chi connectivity index (χ2n) is 3.29. The highest BCUT2D eigenvalue weighted by atomic mass is 35.5. The minimum absolute atomic E-state index is 0.0252. The first-order valence-corrected chi connectivity index (χ1v) is 6.84. The van der Waals surface area contributed by atoms with Gasteiger partial charge in [-0.15, -0.1) is 0 Å². The van der Waals surface area contributed by atoms with Crippen LogP contribution in [0.5, 0.6) is 0 Å². The summed E-state index contributed by atoms with van der Waals surface area (Å²) < 4.78 is 25.8. The lowest BCUT2D eigenvalue weighted by atomic mass is 10.3. The molecule has 0 fully saturated rings. The SMILES string of the molecule is CC(CN)S(=O)(=O)Nc1c(Cl)cccc1Cl. The summed E-state index contributed by atoms with van der Waals surface area (Å²) in [6.45, 7) is 1.53. The Morgan fingerprint density at radius 2 is 1.88 bits per heavy atom. The third-order valence-electron chi connectivity index (χ3n) is 2.07. The highest BCUT2D eigenvalue weighted by Crippen LogP contribution is 2.31. The van der Waals surface area contributed by atoms with Gasteiger partial charge in [0.05, 0.1) is 21.0 Å². The van der Waals surface area contributed by atoms with E-state index in [4.69, 9.17) is 28.9 Å². The minimum atomic E-state index is -3.55. The average molecular weight is 283 g/mol. The van der Waals surface area contributed by atoms with Crippen LogP contribution in [-0.2, 0) is 10.0 Å². The summed E-state index contributed by atoms with van der Waals surface area (Å²) in [5, 5.41) is -0.208. The van der Waals surface area contributed by atoms with Crippen LogP contribution in [-0.4, -0.2) is 20.2 Å². The van der Waals surface area contributed by atoms with Crippen molar-refractivity contribution in [2.24, 2.45) is 5.73 Å². The van der Waals surface area contributed by atoms with E-state index in [1.54, 1.807) is 18.2 Å². The van der Waals surface area contributed by atoms with Crippen LogP contribution in [0.15, 0.2) is 18.2 Å². The predicted octanol–water partition coefficient (Wildman–Crippen LogP) is 2.08. The van der Waals surface area contributed by atoms with Gasteiger partial charge in [-0.25, -0.2) is 8.42 Å². The maximum atomic E-state index is 11.7. The molecule has 3 N–H and O–H groups in total. The Balaban J connectivity index is 3.06. The molecule has 0 spiro atoms. The van der Waals surface area contributed by atoms with Crippen LogP contribution < -0.4 is 10.5 Å². The molecule has 1 unspecified atom stereocenters. The van der Waals surface area contributed by atoms with Crippen molar-refractivity contribution in [3.05, 3.63) is 28.2 Å². The van der Waals surface area contributed by atoms with Crippen LogP contribution in [0.25, 0.3) is 0 Å². The fourth-order valence-electron chi connectivity index (χ4n) is 0.965. The zero-order valence-corrected chi connectivity index (χ0v) is 10.9. The molecule has 0 aliphatic rings. The van der Waals surface area contributed by atoms with Crippen LogP contribution in [0, 0.1) is 0 Å². The Labute approximate surface area is 105 Å². The van der Waals surface area contributed by atoms with E-state index in [2.05, 4.69) is 4.72 Å². The number of nitrogens with one attached hydrogen (secondary N) is 1. The largest absolute Gasteiger partial charge is 0.329 e. The second kappa shape index (κ2) is 5.23. The van der Waals surface area contributed by atoms with Crippen molar-refractivity contribution in [3.63, 3.8) is 0 Å². The minimum Gasteiger partial charge on any atom is -0.329 e. The van der Waals surface area contributed by atoms with E-state index in [0.29, 0.717) is 0 Å². The van der Waals surface area contributed by atoms with Gasteiger partial charge in [-0.1, -0.05) is 29.3 Å². The highest BCUT2D eigenvalue weighted by Gasteiger charge is 2.21. The molecule has 0 radical (unpaired) electrons. The molecule has 90 valence electrons. The maximum Gasteiger partial charge on any atom is 0.236 e. The van der Waals surface area contributed by atoms with Crippen molar-refractivity contribution in [3.8, 4) is 0 Å². The van der Waals surface area contributed by atoms with Crippen LogP contribution in [0.4, 0.5) is 5.69 Å². The molecule has 0 bridgehead atoms. The average Bonchev–Trinajstić information content (AvgIpc) is 2.22. The molecule has 1 aromatic carbocycles. The fraction of sp³-hybridized carbons (Fsp3) is 0.333. The lowest BCUT2D eigenvalue weighted by Gasteiger charge is -2.14. The van der Waals surface area contributed by atoms with E-state index in [1.165, 1.54) is 6.92 Å². The van der Waals surface area contributed by atoms with Crippen LogP contribution in [0.3, 0.4) is 0 Å². The molecule has 7 heteroatoms. The lowest BCUT2D eigenvalue weighted by Crippen LogP contribution is -2.31. The topological polar surface area (TPSA) is 72.2 Å². The van der Waals surface area contributed by atoms with Crippen LogP contribution in [0.1, 0.15) is 6.92 Å². The zero-order chi connectivity index (χ0) is 12.3. The quantitative estimate of drug-likeness (QED) is 0.888. The molecule has 0 heterocycles. The summed E-state index contributed by atoms with van der Waals surface area (Å²) >= 11 is 11.7. The monoisotopic (exact) mass is 282 g/mol. The van der Waals surface area contributed by atoms with Crippen molar-refractivity contribution >= 4 is 38.9 Å². The molecule has 1 aromatic rings. The number of nitrogens with two attached hydrogens (primary N) is 1. The van der Waals surface area contributed by atoms with Gasteiger partial charge in [-0.2, -0.15) is 0 Å². The maximum absolute atomic E-state index is 11.7. The van der Waals surface area contributed by atoms with Crippen molar-refractivity contribution in [2.45, 2.75) is 12.2 Å². The van der Waals surface area contributed by atoms with E-state index in [0.717, 1.165) is 0 Å². The number of para-hydroxylation sites is 1. The van der Waals surface area contributed by atoms with Crippen molar-refractivity contribution in [1.29, 1.82) is 0 Å². The zero-order valence-electron chi connectivity index (χ0n) is 8.57. The third kappa shape index (κ3) is 3.01. The number of anilines is 1. The van der Waals surface area contributed by atoms with E-state index < -0.39 is 15.3 Å². The first kappa shape index (κ1) is 13.6. The molecule has 4 nitrogen and oxygen atoms in total. The van der Waals surface area contributed by atoms with Gasteiger partial charge in [0, 0.05) is 6.54 Å². The van der Waals surface area contributed by atoms with Gasteiger partial charge in [0.2, 0.25) is 10.0 Å². The molecule has 0 saturated heterocycles. The first-order valence-electron chi connectivity index (χ1n) is 4.54. The molecule has 0 aromatic heterocycles. The fourth-order valence-corrected chi connectivity index (χ4v) is 2.53. The predicted molar refractivity (Wildman–Crippen MR) is 67.5 cm³/mol. The summed E-state index contributed by atoms with van der Waals surface area (Å²) in [6, 6.07) is 4.74. The summed E-state index contributed by atoms with van der Waals surface area (Å²) in [5.41, 5.74) is 5.49. The molecule has 1 rings (SSSR count). The van der Waals surface area contributed by atoms with Crippen LogP contribution >= 0.6 is 23.2 Å². The number of rotatable bonds is 4. The van der Waals surface area contributed by atoms with Gasteiger partial charge in [0.1, 0.15) is 0 Å². The number of hydrogen-bond donors (Lipinski definition) is 2. The van der Waals surface area contributed by atoms with Gasteiger partial charge in [-0.3, -0.25) is 4.72 Å². The number of hydrogen-bond acceptors (Lipinski definition) is 3. The Morgan fingerprint density at radius 3 is 2.31 bits per heavy atom. The number of benzene rings is 1. The normalized spacial score (nSPS) is 13.5. The molecular formula is C9H12Cl2N2O2S. The van der Waals surface area contributed by atoms with Crippen LogP contribution in [0.2, 0.25) is 10.0 Å². The summed E-state index contributed by atoms with van der Waals surface area (Å²) in [5.74, 6) is 0. The van der Waals surface area contributed by atoms with Crippen molar-refractivity contribution in [2.75, 3.05) is 11.3 Å². The molecule has 0 aliphatic carbocycles. The smallest absolute Gasteiger partial charge is 0.236 e. The lowest BCUT2D eigenvalue weighted by molar-refractivity contribution is 0.589. The Bertz CT molecular complexity index is 456. The second-order valence-corrected chi connectivity index (χ2v) is 6.20. The molecular weight excluding hydrogens is 271 g/mol. The standard InChI is InChI=1S/C9H12Cl2N2O2S/c1-6(5-12)16(14,15)13-9-7(10)3-2-4-8(9)11/h2-4,6,13H,5,12H2,1H3. The summed E-state index contributed by atoms with van der Waals surface area (Å²) in [4.78, 5) is 0. The van der Waals surface area contributed by atoms with Gasteiger partial charge >= 0.3 is 0 Å². The highest BCUT2D eigenvalue weighted by molar-refractivity contribution is 7.93. The molecule has 1 atom stereocenters. The van der Waals surface area contributed by atoms with E-state index in [9.17, 15) is 8.42 Å². The molecule has 0 saturated carbocycles. The van der Waals surface area contributed by atoms with Gasteiger partial charge in [0.25, 0.3) is 0 Å². The number of halogens is 2. The Kier molecular flexibility index (Phi) is 4.43. The molecule has 0 aliphatic heterocycles. The van der Waals surface area contributed by atoms with Crippen molar-refractivity contribution < 1.29 is 8.42 Å². The van der Waals surface area contributed by atoms with Gasteiger partial charge < -0.3 is 5.73 Å². The van der Waals surface area contributed by atoms with Crippen molar-refractivity contribution in [1.82, 2.24) is 0 Å². The molecule has 16 heavy (non-hydrogen) atoms. The number of sulfonamides is 1. The van der Waals surface area contributed by atoms with Gasteiger partial charge in [0.15, 0.2) is 0 Å². The van der Waals surface area contributed by atoms with Gasteiger partial charge in [-0.05, 0) is 19.1 Å². The molecule has 0 amide bonds. The van der Waals surface area contributed by atoms with E-state index in [-0.39, 0.29) is 22.3 Å². The van der Waals surface area contributed by atoms with E-state index >= 15 is 0 Å². The Hall–Kier alpha value is -0.490. The summed E-state index contributed by atoms with van der Waals surface area (Å²) in [6.07, 6.45) is 0.